The van der Waals surface area contributed by atoms with Gasteiger partial charge in [0.1, 0.15) is 11.9 Å². The van der Waals surface area contributed by atoms with Gasteiger partial charge in [-0.25, -0.2) is 0 Å². The minimum absolute atomic E-state index is 0.142. The Hall–Kier alpha value is -0.835. The molecule has 0 spiro atoms. The molecule has 4 unspecified atom stereocenters. The Kier molecular flexibility index (Phi) is 5.36. The highest BCUT2D eigenvalue weighted by molar-refractivity contribution is 6.30. The van der Waals surface area contributed by atoms with E-state index in [1.54, 1.807) is 12.2 Å². The third kappa shape index (κ3) is 4.12. The summed E-state index contributed by atoms with van der Waals surface area (Å²) >= 11 is 5.69. The maximum absolute atomic E-state index is 12.9. The van der Waals surface area contributed by atoms with Gasteiger partial charge in [0.05, 0.1) is 13.8 Å². The second-order valence-corrected chi connectivity index (χ2v) is 6.66. The van der Waals surface area contributed by atoms with E-state index in [4.69, 9.17) is 24.2 Å². The van der Waals surface area contributed by atoms with Crippen molar-refractivity contribution in [3.63, 3.8) is 0 Å². The van der Waals surface area contributed by atoms with E-state index in [1.807, 2.05) is 6.08 Å². The summed E-state index contributed by atoms with van der Waals surface area (Å²) in [7, 11) is 6.07. The second-order valence-electron chi connectivity index (χ2n) is 6.22. The molecule has 4 atom stereocenters. The summed E-state index contributed by atoms with van der Waals surface area (Å²) in [4.78, 5) is 0. The van der Waals surface area contributed by atoms with Crippen molar-refractivity contribution in [2.75, 3.05) is 0 Å². The summed E-state index contributed by atoms with van der Waals surface area (Å²) < 4.78 is 44.4. The van der Waals surface area contributed by atoms with Crippen molar-refractivity contribution in [2.45, 2.75) is 44.8 Å². The fraction of sp³-hybridized carbons (Fsp3) is 0.625. The molecule has 0 bridgehead atoms. The minimum Gasteiger partial charge on any atom is -0.490 e. The van der Waals surface area contributed by atoms with Crippen molar-refractivity contribution in [1.29, 1.82) is 0 Å². The molecular weight excluding hydrogens is 311 g/mol. The normalized spacial score (nSPS) is 32.7. The highest BCUT2D eigenvalue weighted by Crippen LogP contribution is 2.42. The van der Waals surface area contributed by atoms with Crippen molar-refractivity contribution in [3.8, 4) is 0 Å². The highest BCUT2D eigenvalue weighted by atomic mass is 35.5. The maximum Gasteiger partial charge on any atom is 0.396 e. The van der Waals surface area contributed by atoms with Crippen LogP contribution in [0.4, 0.5) is 13.2 Å². The Morgan fingerprint density at radius 2 is 2.05 bits per heavy atom. The summed E-state index contributed by atoms with van der Waals surface area (Å²) in [5.41, 5.74) is 0. The molecule has 0 aromatic heterocycles. The first-order chi connectivity index (χ1) is 10.2. The lowest BCUT2D eigenvalue weighted by molar-refractivity contribution is -0.171. The molecule has 0 saturated heterocycles. The van der Waals surface area contributed by atoms with Crippen LogP contribution in [-0.2, 0) is 4.74 Å². The molecule has 0 N–H and O–H groups in total. The molecular formula is C16H19BClF3O. The van der Waals surface area contributed by atoms with Crippen LogP contribution in [0.2, 0.25) is 5.82 Å². The summed E-state index contributed by atoms with van der Waals surface area (Å²) in [6.45, 7) is 4.16. The van der Waals surface area contributed by atoms with Crippen LogP contribution in [0.3, 0.4) is 0 Å². The predicted octanol–water partition coefficient (Wildman–Crippen LogP) is 5.15. The van der Waals surface area contributed by atoms with Crippen molar-refractivity contribution in [2.24, 2.45) is 17.8 Å². The zero-order chi connectivity index (χ0) is 16.5. The Bertz CT molecular complexity index is 496. The van der Waals surface area contributed by atoms with E-state index in [0.29, 0.717) is 18.1 Å². The average molecular weight is 331 g/mol. The van der Waals surface area contributed by atoms with Crippen LogP contribution >= 0.6 is 11.6 Å². The van der Waals surface area contributed by atoms with Crippen molar-refractivity contribution >= 4 is 19.4 Å². The first kappa shape index (κ1) is 17.5. The third-order valence-corrected chi connectivity index (χ3v) is 4.58. The van der Waals surface area contributed by atoms with Crippen LogP contribution < -0.4 is 0 Å². The number of ether oxygens (including phenoxy) is 1. The van der Waals surface area contributed by atoms with Gasteiger partial charge in [-0.1, -0.05) is 37.6 Å². The van der Waals surface area contributed by atoms with E-state index in [1.165, 1.54) is 6.08 Å². The molecule has 0 fully saturated rings. The van der Waals surface area contributed by atoms with Gasteiger partial charge in [0.25, 0.3) is 0 Å². The van der Waals surface area contributed by atoms with Crippen LogP contribution in [0.5, 0.6) is 0 Å². The zero-order valence-electron chi connectivity index (χ0n) is 12.6. The first-order valence-electron chi connectivity index (χ1n) is 7.43. The van der Waals surface area contributed by atoms with Gasteiger partial charge in [0.15, 0.2) is 0 Å². The van der Waals surface area contributed by atoms with E-state index < -0.39 is 18.2 Å². The van der Waals surface area contributed by atoms with E-state index >= 15 is 0 Å². The molecule has 120 valence electrons. The molecule has 0 amide bonds. The van der Waals surface area contributed by atoms with Crippen molar-refractivity contribution < 1.29 is 17.9 Å². The van der Waals surface area contributed by atoms with Gasteiger partial charge in [-0.2, -0.15) is 13.2 Å². The van der Waals surface area contributed by atoms with Crippen LogP contribution in [0.25, 0.3) is 0 Å². The smallest absolute Gasteiger partial charge is 0.396 e. The van der Waals surface area contributed by atoms with Crippen LogP contribution in [0, 0.1) is 17.8 Å². The largest absolute Gasteiger partial charge is 0.490 e. The molecule has 2 aliphatic carbocycles. The Morgan fingerprint density at radius 1 is 1.36 bits per heavy atom. The standard InChI is InChI=1S/C16H19BClF3O/c1-9(2)12-5-3-11(8-14(12)17)22-10-4-6-15(18)13(7-10)16(19,20)21/h3,5-6,8-10,12-14H,4,7H2,1-2H3. The molecule has 2 radical (unpaired) electrons. The van der Waals surface area contributed by atoms with Gasteiger partial charge in [0.2, 0.25) is 0 Å². The summed E-state index contributed by atoms with van der Waals surface area (Å²) in [5, 5.41) is -0.142. The number of alkyl halides is 3. The zero-order valence-corrected chi connectivity index (χ0v) is 13.4. The Balaban J connectivity index is 2.01. The molecule has 22 heavy (non-hydrogen) atoms. The fourth-order valence-electron chi connectivity index (χ4n) is 2.87. The fourth-order valence-corrected chi connectivity index (χ4v) is 3.17. The van der Waals surface area contributed by atoms with Crippen molar-refractivity contribution in [3.05, 3.63) is 35.1 Å². The maximum atomic E-state index is 12.9. The van der Waals surface area contributed by atoms with Gasteiger partial charge in [-0.05, 0) is 29.8 Å². The molecule has 0 aromatic rings. The monoisotopic (exact) mass is 330 g/mol. The molecule has 1 nitrogen and oxygen atoms in total. The number of rotatable bonds is 3. The predicted molar refractivity (Wildman–Crippen MR) is 82.6 cm³/mol. The minimum atomic E-state index is -4.34. The van der Waals surface area contributed by atoms with Crippen LogP contribution in [0.1, 0.15) is 26.7 Å². The molecule has 6 heteroatoms. The summed E-state index contributed by atoms with van der Waals surface area (Å²) in [6, 6.07) is 0. The number of allylic oxidation sites excluding steroid dienone is 4. The summed E-state index contributed by atoms with van der Waals surface area (Å²) in [6.07, 6.45) is 2.30. The van der Waals surface area contributed by atoms with E-state index in [9.17, 15) is 13.2 Å². The molecule has 0 aromatic carbocycles. The molecule has 2 aliphatic rings. The lowest BCUT2D eigenvalue weighted by atomic mass is 9.69. The molecule has 0 aliphatic heterocycles. The Morgan fingerprint density at radius 3 is 2.59 bits per heavy atom. The second kappa shape index (κ2) is 6.73. The van der Waals surface area contributed by atoms with Gasteiger partial charge in [-0.15, -0.1) is 0 Å². The first-order valence-corrected chi connectivity index (χ1v) is 7.80. The molecule has 0 heterocycles. The van der Waals surface area contributed by atoms with Gasteiger partial charge < -0.3 is 4.74 Å². The Labute approximate surface area is 135 Å². The SMILES string of the molecule is [B]C1C=C(OC2CC=C(Cl)C(C(F)(F)F)C2)C=CC1C(C)C. The topological polar surface area (TPSA) is 9.23 Å². The van der Waals surface area contributed by atoms with Crippen molar-refractivity contribution in [1.82, 2.24) is 0 Å². The number of hydrogen-bond donors (Lipinski definition) is 0. The van der Waals surface area contributed by atoms with Crippen LogP contribution in [0.15, 0.2) is 35.1 Å². The third-order valence-electron chi connectivity index (χ3n) is 4.16. The van der Waals surface area contributed by atoms with Crippen LogP contribution in [-0.4, -0.2) is 20.1 Å². The average Bonchev–Trinajstić information content (AvgIpc) is 2.39. The lowest BCUT2D eigenvalue weighted by Gasteiger charge is -2.31. The summed E-state index contributed by atoms with van der Waals surface area (Å²) in [5.74, 6) is -0.660. The quantitative estimate of drug-likeness (QED) is 0.650. The lowest BCUT2D eigenvalue weighted by Crippen LogP contribution is -2.31. The van der Waals surface area contributed by atoms with E-state index in [-0.39, 0.29) is 23.2 Å². The van der Waals surface area contributed by atoms with Gasteiger partial charge >= 0.3 is 6.18 Å². The molecule has 0 saturated carbocycles. The highest BCUT2D eigenvalue weighted by Gasteiger charge is 2.44. The van der Waals surface area contributed by atoms with Gasteiger partial charge in [0, 0.05) is 17.9 Å². The van der Waals surface area contributed by atoms with E-state index in [0.717, 1.165) is 0 Å². The molecule has 2 rings (SSSR count). The number of halogens is 4. The van der Waals surface area contributed by atoms with Gasteiger partial charge in [-0.3, -0.25) is 0 Å². The van der Waals surface area contributed by atoms with E-state index in [2.05, 4.69) is 13.8 Å². The number of hydrogen-bond acceptors (Lipinski definition) is 1.